The summed E-state index contributed by atoms with van der Waals surface area (Å²) in [4.78, 5) is 38.5. The number of carbonyl (C=O) groups excluding carboxylic acids is 3. The summed E-state index contributed by atoms with van der Waals surface area (Å²) >= 11 is 4.97. The normalized spacial score (nSPS) is 29.4. The van der Waals surface area contributed by atoms with E-state index in [1.165, 1.54) is 19.3 Å². The minimum atomic E-state index is -0.703. The summed E-state index contributed by atoms with van der Waals surface area (Å²) in [5, 5.41) is 3.04. The quantitative estimate of drug-likeness (QED) is 0.389. The predicted molar refractivity (Wildman–Crippen MR) is 125 cm³/mol. The van der Waals surface area contributed by atoms with Crippen molar-refractivity contribution in [3.05, 3.63) is 34.3 Å². The van der Waals surface area contributed by atoms with E-state index < -0.39 is 12.0 Å². The Bertz CT molecular complexity index is 805. The zero-order valence-electron chi connectivity index (χ0n) is 17.9. The van der Waals surface area contributed by atoms with Crippen molar-refractivity contribution >= 4 is 45.4 Å². The Labute approximate surface area is 196 Å². The van der Waals surface area contributed by atoms with Crippen molar-refractivity contribution < 1.29 is 19.1 Å². The average Bonchev–Trinajstić information content (AvgIpc) is 2.74. The van der Waals surface area contributed by atoms with Gasteiger partial charge in [-0.3, -0.25) is 9.59 Å². The number of thioether (sulfide) groups is 1. The molecule has 1 atom stereocenters. The van der Waals surface area contributed by atoms with Crippen LogP contribution in [0, 0.1) is 23.2 Å². The number of esters is 1. The van der Waals surface area contributed by atoms with Crippen LogP contribution < -0.4 is 5.32 Å². The van der Waals surface area contributed by atoms with E-state index in [2.05, 4.69) is 21.2 Å². The van der Waals surface area contributed by atoms with Crippen LogP contribution in [0.3, 0.4) is 0 Å². The zero-order chi connectivity index (χ0) is 22.0. The van der Waals surface area contributed by atoms with E-state index in [0.29, 0.717) is 29.7 Å². The number of hydrogen-bond donors (Lipinski definition) is 1. The molecule has 0 unspecified atom stereocenters. The fraction of sp³-hybridized carbons (Fsp3) is 0.625. The van der Waals surface area contributed by atoms with E-state index in [1.54, 1.807) is 36.0 Å². The molecule has 168 valence electrons. The van der Waals surface area contributed by atoms with E-state index in [4.69, 9.17) is 4.74 Å². The first-order valence-corrected chi connectivity index (χ1v) is 13.3. The maximum absolute atomic E-state index is 13.4. The topological polar surface area (TPSA) is 72.5 Å². The number of rotatable bonds is 9. The molecule has 0 aliphatic heterocycles. The van der Waals surface area contributed by atoms with Gasteiger partial charge in [0.15, 0.2) is 12.4 Å². The van der Waals surface area contributed by atoms with Gasteiger partial charge in [-0.2, -0.15) is 11.8 Å². The van der Waals surface area contributed by atoms with Gasteiger partial charge in [-0.15, -0.1) is 0 Å². The van der Waals surface area contributed by atoms with Gasteiger partial charge >= 0.3 is 5.97 Å². The van der Waals surface area contributed by atoms with Gasteiger partial charge in [0.1, 0.15) is 6.04 Å². The molecule has 1 amide bonds. The van der Waals surface area contributed by atoms with Crippen LogP contribution in [0.4, 0.5) is 0 Å². The first-order valence-electron chi connectivity index (χ1n) is 11.1. The van der Waals surface area contributed by atoms with Crippen LogP contribution in [0.1, 0.15) is 55.3 Å². The van der Waals surface area contributed by atoms with Gasteiger partial charge < -0.3 is 10.1 Å². The Morgan fingerprint density at radius 3 is 2.23 bits per heavy atom. The van der Waals surface area contributed by atoms with Crippen LogP contribution >= 0.6 is 27.7 Å². The molecule has 4 aliphatic carbocycles. The number of ether oxygens (including phenoxy) is 1. The van der Waals surface area contributed by atoms with Gasteiger partial charge in [-0.1, -0.05) is 28.1 Å². The monoisotopic (exact) mass is 507 g/mol. The molecule has 7 heteroatoms. The summed E-state index contributed by atoms with van der Waals surface area (Å²) in [7, 11) is 0. The van der Waals surface area contributed by atoms with Crippen molar-refractivity contribution in [2.75, 3.05) is 18.6 Å². The molecule has 5 nitrogen and oxygen atoms in total. The van der Waals surface area contributed by atoms with Crippen LogP contribution in [0.2, 0.25) is 0 Å². The highest BCUT2D eigenvalue weighted by Crippen LogP contribution is 2.60. The molecule has 31 heavy (non-hydrogen) atoms. The molecule has 0 heterocycles. The maximum Gasteiger partial charge on any atom is 0.329 e. The van der Waals surface area contributed by atoms with Gasteiger partial charge in [-0.05, 0) is 86.8 Å². The lowest BCUT2D eigenvalue weighted by Crippen LogP contribution is -2.56. The molecule has 1 N–H and O–H groups in total. The molecular weight excluding hydrogens is 478 g/mol. The van der Waals surface area contributed by atoms with Crippen molar-refractivity contribution in [2.45, 2.75) is 51.0 Å². The summed E-state index contributed by atoms with van der Waals surface area (Å²) in [6.45, 7) is -0.316. The molecule has 4 saturated carbocycles. The largest absolute Gasteiger partial charge is 0.456 e. The van der Waals surface area contributed by atoms with Crippen LogP contribution in [0.15, 0.2) is 28.7 Å². The lowest BCUT2D eigenvalue weighted by molar-refractivity contribution is -0.153. The molecule has 1 aromatic rings. The summed E-state index contributed by atoms with van der Waals surface area (Å²) < 4.78 is 6.22. The summed E-state index contributed by atoms with van der Waals surface area (Å²) in [6.07, 6.45) is 9.14. The second-order valence-corrected chi connectivity index (χ2v) is 11.4. The maximum atomic E-state index is 13.4. The highest BCUT2D eigenvalue weighted by atomic mass is 79.9. The fourth-order valence-electron chi connectivity index (χ4n) is 6.14. The predicted octanol–water partition coefficient (Wildman–Crippen LogP) is 4.63. The van der Waals surface area contributed by atoms with Crippen molar-refractivity contribution in [2.24, 2.45) is 23.2 Å². The second-order valence-electron chi connectivity index (χ2n) is 9.54. The van der Waals surface area contributed by atoms with E-state index >= 15 is 0 Å². The standard InChI is InChI=1S/C24H30BrNO4S/c1-31-7-6-20(22(28)30-14-21(27)18-2-4-19(25)5-3-18)26-23(29)24-11-15-8-16(12-24)10-17(9-15)13-24/h2-5,15-17,20H,6-14H2,1H3,(H,26,29)/t15?,16?,17?,20-,24?/m0/s1. The number of hydrogen-bond acceptors (Lipinski definition) is 5. The number of carbonyl (C=O) groups is 3. The molecule has 4 fully saturated rings. The van der Waals surface area contributed by atoms with E-state index in [1.807, 2.05) is 6.26 Å². The third-order valence-corrected chi connectivity index (χ3v) is 8.40. The zero-order valence-corrected chi connectivity index (χ0v) is 20.3. The van der Waals surface area contributed by atoms with Gasteiger partial charge in [0.2, 0.25) is 5.91 Å². The van der Waals surface area contributed by atoms with E-state index in [9.17, 15) is 14.4 Å². The summed E-state index contributed by atoms with van der Waals surface area (Å²) in [5.41, 5.74) is 0.189. The van der Waals surface area contributed by atoms with Crippen LogP contribution in [-0.2, 0) is 14.3 Å². The van der Waals surface area contributed by atoms with Crippen LogP contribution in [0.25, 0.3) is 0 Å². The number of halogens is 1. The van der Waals surface area contributed by atoms with Gasteiger partial charge in [0.05, 0.1) is 0 Å². The Hall–Kier alpha value is -1.34. The second kappa shape index (κ2) is 9.65. The van der Waals surface area contributed by atoms with Gasteiger partial charge in [0.25, 0.3) is 0 Å². The first kappa shape index (κ1) is 22.8. The van der Waals surface area contributed by atoms with E-state index in [0.717, 1.165) is 29.5 Å². The molecule has 4 bridgehead atoms. The summed E-state index contributed by atoms with van der Waals surface area (Å²) in [6, 6.07) is 6.25. The van der Waals surface area contributed by atoms with Gasteiger partial charge in [0, 0.05) is 15.5 Å². The molecular formula is C24H30BrNO4S. The highest BCUT2D eigenvalue weighted by Gasteiger charge is 2.55. The third-order valence-electron chi connectivity index (χ3n) is 7.23. The lowest BCUT2D eigenvalue weighted by Gasteiger charge is -2.55. The van der Waals surface area contributed by atoms with Crippen molar-refractivity contribution in [3.8, 4) is 0 Å². The minimum Gasteiger partial charge on any atom is -0.456 e. The molecule has 0 aromatic heterocycles. The van der Waals surface area contributed by atoms with Crippen molar-refractivity contribution in [1.29, 1.82) is 0 Å². The average molecular weight is 508 g/mol. The Morgan fingerprint density at radius 1 is 1.10 bits per heavy atom. The molecule has 5 rings (SSSR count). The highest BCUT2D eigenvalue weighted by molar-refractivity contribution is 9.10. The number of Topliss-reactive ketones (excluding diaryl/α,β-unsaturated/α-hetero) is 1. The number of nitrogens with one attached hydrogen (secondary N) is 1. The Kier molecular flexibility index (Phi) is 7.11. The lowest BCUT2D eigenvalue weighted by atomic mass is 9.49. The van der Waals surface area contributed by atoms with Gasteiger partial charge in [-0.25, -0.2) is 4.79 Å². The number of ketones is 1. The number of amides is 1. The molecule has 0 radical (unpaired) electrons. The SMILES string of the molecule is CSCC[C@H](NC(=O)C12CC3CC(CC(C3)C1)C2)C(=O)OCC(=O)c1ccc(Br)cc1. The minimum absolute atomic E-state index is 0.0221. The smallest absolute Gasteiger partial charge is 0.329 e. The van der Waals surface area contributed by atoms with Crippen molar-refractivity contribution in [1.82, 2.24) is 5.32 Å². The van der Waals surface area contributed by atoms with Crippen LogP contribution in [0.5, 0.6) is 0 Å². The first-order chi connectivity index (χ1) is 14.9. The third kappa shape index (κ3) is 5.19. The molecule has 0 saturated heterocycles. The van der Waals surface area contributed by atoms with Crippen LogP contribution in [-0.4, -0.2) is 42.3 Å². The Balaban J connectivity index is 1.37. The number of benzene rings is 1. The fourth-order valence-corrected chi connectivity index (χ4v) is 6.88. The summed E-state index contributed by atoms with van der Waals surface area (Å²) in [5.74, 6) is 1.98. The van der Waals surface area contributed by atoms with Crippen molar-refractivity contribution in [3.63, 3.8) is 0 Å². The molecule has 4 aliphatic rings. The van der Waals surface area contributed by atoms with E-state index in [-0.39, 0.29) is 23.7 Å². The Morgan fingerprint density at radius 2 is 1.68 bits per heavy atom. The molecule has 1 aromatic carbocycles. The molecule has 0 spiro atoms.